The molecular weight excluding hydrogens is 349 g/mol. The molecule has 0 N–H and O–H groups in total. The third-order valence-electron chi connectivity index (χ3n) is 4.33. The van der Waals surface area contributed by atoms with Crippen molar-refractivity contribution in [3.63, 3.8) is 0 Å². The van der Waals surface area contributed by atoms with Gasteiger partial charge in [0.2, 0.25) is 0 Å². The minimum atomic E-state index is -5.00. The van der Waals surface area contributed by atoms with E-state index in [1.165, 1.54) is 16.7 Å². The number of hydrogen-bond donors (Lipinski definition) is 0. The van der Waals surface area contributed by atoms with Crippen molar-refractivity contribution < 1.29 is 18.9 Å². The van der Waals surface area contributed by atoms with Crippen LogP contribution in [-0.2, 0) is 9.09 Å². The van der Waals surface area contributed by atoms with Crippen LogP contribution < -0.4 is 9.79 Å². The normalized spacial score (nSPS) is 14.1. The molecule has 0 aromatic heterocycles. The quantitative estimate of drug-likeness (QED) is 0.284. The maximum atomic E-state index is 10.8. The summed E-state index contributed by atoms with van der Waals surface area (Å²) in [4.78, 5) is 23.3. The fourth-order valence-corrected chi connectivity index (χ4v) is 3.14. The van der Waals surface area contributed by atoms with E-state index in [1.807, 2.05) is 0 Å². The summed E-state index contributed by atoms with van der Waals surface area (Å²) < 4.78 is 15.4. The Morgan fingerprint density at radius 1 is 0.962 bits per heavy atom. The summed E-state index contributed by atoms with van der Waals surface area (Å²) >= 11 is 0. The van der Waals surface area contributed by atoms with Gasteiger partial charge in [-0.3, -0.25) is 4.90 Å². The molecule has 0 unspecified atom stereocenters. The maximum absolute atomic E-state index is 10.8. The highest BCUT2D eigenvalue weighted by molar-refractivity contribution is 7.43. The number of hydrogen-bond acceptors (Lipinski definition) is 5. The van der Waals surface area contributed by atoms with Crippen LogP contribution in [0.4, 0.5) is 0 Å². The molecule has 6 heteroatoms. The Labute approximate surface area is 160 Å². The molecule has 0 heterocycles. The topological polar surface area (TPSA) is 75.7 Å². The van der Waals surface area contributed by atoms with Crippen molar-refractivity contribution in [1.82, 2.24) is 4.90 Å². The Morgan fingerprint density at radius 2 is 1.42 bits per heavy atom. The molecule has 0 saturated heterocycles. The van der Waals surface area contributed by atoms with E-state index in [-0.39, 0.29) is 0 Å². The number of phosphoric acid groups is 1. The molecule has 0 saturated carbocycles. The van der Waals surface area contributed by atoms with Gasteiger partial charge in [0.1, 0.15) is 5.72 Å². The van der Waals surface area contributed by atoms with Crippen LogP contribution in [0.25, 0.3) is 0 Å². The monoisotopic (exact) mass is 385 g/mol. The number of phosphoric ester groups is 1. The average molecular weight is 385 g/mol. The van der Waals surface area contributed by atoms with Gasteiger partial charge in [0, 0.05) is 6.54 Å². The number of rotatable bonds is 12. The summed E-state index contributed by atoms with van der Waals surface area (Å²) in [5.41, 5.74) is 2.96. The predicted octanol–water partition coefficient (Wildman–Crippen LogP) is 4.31. The van der Waals surface area contributed by atoms with Gasteiger partial charge in [-0.05, 0) is 80.7 Å². The first-order valence-corrected chi connectivity index (χ1v) is 10.7. The molecule has 0 amide bonds. The average Bonchev–Trinajstić information content (AvgIpc) is 2.44. The van der Waals surface area contributed by atoms with Crippen molar-refractivity contribution in [3.05, 3.63) is 34.9 Å². The van der Waals surface area contributed by atoms with Crippen LogP contribution >= 0.6 is 7.82 Å². The standard InChI is InChI=1S/C20H38NO4P/c1-17(2)11-8-12-18(3)13-9-14-19(4)15-10-16-21(7)20(5,6)25-26(22,23)24/h11,13,15H,8-10,12,14,16H2,1-7H3,(H2,22,23,24)/p-2. The first kappa shape index (κ1) is 25.3. The lowest BCUT2D eigenvalue weighted by Crippen LogP contribution is -2.45. The largest absolute Gasteiger partial charge is 0.790 e. The molecule has 0 aliphatic rings. The van der Waals surface area contributed by atoms with E-state index >= 15 is 0 Å². The van der Waals surface area contributed by atoms with E-state index in [4.69, 9.17) is 0 Å². The van der Waals surface area contributed by atoms with Gasteiger partial charge in [-0.25, -0.2) is 0 Å². The van der Waals surface area contributed by atoms with Crippen LogP contribution in [-0.4, -0.2) is 24.2 Å². The zero-order chi connectivity index (χ0) is 20.4. The van der Waals surface area contributed by atoms with Crippen molar-refractivity contribution in [2.24, 2.45) is 0 Å². The van der Waals surface area contributed by atoms with Gasteiger partial charge in [-0.2, -0.15) is 0 Å². The van der Waals surface area contributed by atoms with Crippen LogP contribution in [0.3, 0.4) is 0 Å². The lowest BCUT2D eigenvalue weighted by Gasteiger charge is -2.43. The summed E-state index contributed by atoms with van der Waals surface area (Å²) in [5.74, 6) is 0. The second-order valence-corrected chi connectivity index (χ2v) is 8.73. The van der Waals surface area contributed by atoms with E-state index in [2.05, 4.69) is 50.4 Å². The third kappa shape index (κ3) is 13.5. The zero-order valence-electron chi connectivity index (χ0n) is 17.5. The second kappa shape index (κ2) is 11.9. The molecule has 0 aliphatic carbocycles. The molecule has 0 radical (unpaired) electrons. The van der Waals surface area contributed by atoms with Gasteiger partial charge in [-0.1, -0.05) is 34.9 Å². The Balaban J connectivity index is 4.25. The fourth-order valence-electron chi connectivity index (χ4n) is 2.46. The third-order valence-corrected chi connectivity index (χ3v) is 5.00. The zero-order valence-corrected chi connectivity index (χ0v) is 18.4. The first-order valence-electron chi connectivity index (χ1n) is 9.22. The van der Waals surface area contributed by atoms with Crippen LogP contribution in [0.2, 0.25) is 0 Å². The van der Waals surface area contributed by atoms with E-state index in [0.717, 1.165) is 32.1 Å². The SMILES string of the molecule is CC(C)=CCCC(C)=CCCC(C)=CCCN(C)C(C)(C)OP(=O)([O-])[O-]. The molecule has 0 aliphatic heterocycles. The van der Waals surface area contributed by atoms with Crippen molar-refractivity contribution in [2.75, 3.05) is 13.6 Å². The minimum Gasteiger partial charge on any atom is -0.790 e. The van der Waals surface area contributed by atoms with Crippen LogP contribution in [0.15, 0.2) is 34.9 Å². The number of nitrogens with zero attached hydrogens (tertiary/aromatic N) is 1. The molecular formula is C20H36NO4P-2. The summed E-state index contributed by atoms with van der Waals surface area (Å²) in [6.45, 7) is 12.3. The van der Waals surface area contributed by atoms with Crippen LogP contribution in [0.5, 0.6) is 0 Å². The van der Waals surface area contributed by atoms with Crippen molar-refractivity contribution in [1.29, 1.82) is 0 Å². The fraction of sp³-hybridized carbons (Fsp3) is 0.700. The summed E-state index contributed by atoms with van der Waals surface area (Å²) in [5, 5.41) is 0. The molecule has 0 spiro atoms. The lowest BCUT2D eigenvalue weighted by atomic mass is 10.1. The van der Waals surface area contributed by atoms with Crippen molar-refractivity contribution >= 4 is 7.82 Å². The Hall–Kier alpha value is -0.710. The summed E-state index contributed by atoms with van der Waals surface area (Å²) in [6.07, 6.45) is 11.8. The van der Waals surface area contributed by atoms with Gasteiger partial charge in [0.15, 0.2) is 0 Å². The molecule has 5 nitrogen and oxygen atoms in total. The molecule has 0 fully saturated rings. The van der Waals surface area contributed by atoms with Gasteiger partial charge in [0.25, 0.3) is 0 Å². The number of allylic oxidation sites excluding steroid dienone is 5. The maximum Gasteiger partial charge on any atom is 0.120 e. The summed E-state index contributed by atoms with van der Waals surface area (Å²) in [6, 6.07) is 0. The minimum absolute atomic E-state index is 0.613. The molecule has 152 valence electrons. The first-order chi connectivity index (χ1) is 11.8. The molecule has 0 atom stereocenters. The van der Waals surface area contributed by atoms with E-state index in [0.29, 0.717) is 6.54 Å². The highest BCUT2D eigenvalue weighted by atomic mass is 31.2. The van der Waals surface area contributed by atoms with Crippen molar-refractivity contribution in [3.8, 4) is 0 Å². The molecule has 26 heavy (non-hydrogen) atoms. The molecule has 0 rings (SSSR count). The van der Waals surface area contributed by atoms with Crippen molar-refractivity contribution in [2.45, 2.75) is 79.4 Å². The van der Waals surface area contributed by atoms with Gasteiger partial charge in [0.05, 0.1) is 7.82 Å². The molecule has 0 aromatic carbocycles. The highest BCUT2D eigenvalue weighted by Gasteiger charge is 2.24. The van der Waals surface area contributed by atoms with Crippen LogP contribution in [0.1, 0.15) is 73.6 Å². The smallest absolute Gasteiger partial charge is 0.120 e. The molecule has 0 aromatic rings. The van der Waals surface area contributed by atoms with E-state index in [1.54, 1.807) is 25.8 Å². The Kier molecular flexibility index (Phi) is 11.6. The van der Waals surface area contributed by atoms with Gasteiger partial charge < -0.3 is 18.9 Å². The van der Waals surface area contributed by atoms with Crippen LogP contribution in [0, 0.1) is 0 Å². The Morgan fingerprint density at radius 3 is 1.88 bits per heavy atom. The van der Waals surface area contributed by atoms with Gasteiger partial charge in [-0.15, -0.1) is 0 Å². The lowest BCUT2D eigenvalue weighted by molar-refractivity contribution is -0.353. The molecule has 0 bridgehead atoms. The Bertz CT molecular complexity index is 554. The summed E-state index contributed by atoms with van der Waals surface area (Å²) in [7, 11) is -3.25. The second-order valence-electron chi connectivity index (χ2n) is 7.66. The van der Waals surface area contributed by atoms with E-state index in [9.17, 15) is 14.4 Å². The van der Waals surface area contributed by atoms with E-state index < -0.39 is 13.5 Å². The highest BCUT2D eigenvalue weighted by Crippen LogP contribution is 2.34. The predicted molar refractivity (Wildman–Crippen MR) is 105 cm³/mol. The van der Waals surface area contributed by atoms with Gasteiger partial charge >= 0.3 is 0 Å².